The van der Waals surface area contributed by atoms with Gasteiger partial charge in [-0.1, -0.05) is 164 Å². The molecule has 71 heavy (non-hydrogen) atoms. The van der Waals surface area contributed by atoms with Crippen LogP contribution in [0.5, 0.6) is 0 Å². The van der Waals surface area contributed by atoms with E-state index in [1.54, 1.807) is 0 Å². The maximum Gasteiger partial charge on any atom is 0.205 e. The second-order valence-corrected chi connectivity index (χ2v) is 20.9. The van der Waals surface area contributed by atoms with E-state index in [-0.39, 0.29) is 0 Å². The van der Waals surface area contributed by atoms with Crippen molar-refractivity contribution < 1.29 is 4.42 Å². The topological polar surface area (TPSA) is 23.0 Å². The highest BCUT2D eigenvalue weighted by Gasteiger charge is 2.26. The van der Waals surface area contributed by atoms with E-state index in [4.69, 9.17) is 4.42 Å². The van der Waals surface area contributed by atoms with Gasteiger partial charge in [-0.15, -0.1) is 22.7 Å². The highest BCUT2D eigenvalue weighted by atomic mass is 32.1. The molecule has 0 aliphatic carbocycles. The molecule has 5 aromatic heterocycles. The Kier molecular flexibility index (Phi) is 8.20. The summed E-state index contributed by atoms with van der Waals surface area (Å²) in [5, 5.41) is 13.6. The molecule has 11 aromatic carbocycles. The fourth-order valence-corrected chi connectivity index (χ4v) is 14.2. The molecular formula is C66H38N2OS2. The van der Waals surface area contributed by atoms with Gasteiger partial charge >= 0.3 is 0 Å². The average molecular weight is 939 g/mol. The number of nitrogens with zero attached hydrogens (tertiary/aromatic N) is 2. The maximum absolute atomic E-state index is 6.83. The van der Waals surface area contributed by atoms with Gasteiger partial charge in [-0.25, -0.2) is 0 Å². The van der Waals surface area contributed by atoms with E-state index < -0.39 is 0 Å². The van der Waals surface area contributed by atoms with Gasteiger partial charge in [0.25, 0.3) is 0 Å². The molecule has 16 rings (SSSR count). The minimum Gasteiger partial charge on any atom is -0.440 e. The second-order valence-electron chi connectivity index (χ2n) is 18.8. The van der Waals surface area contributed by atoms with Crippen LogP contribution < -0.4 is 0 Å². The van der Waals surface area contributed by atoms with Crippen molar-refractivity contribution in [2.75, 3.05) is 0 Å². The SMILES string of the molecule is c1ccc(-c2ccc3c(c2)c2cc4c(cc2n3-c2ccccc2-c2ccccc2)sc2c4c3ccccc3c3c2c2cc(-c4ccc5c(c4)sc4ccccc45)ccc2n3-c2cc3ccccc3o2)cc1. The van der Waals surface area contributed by atoms with Crippen LogP contribution in [-0.2, 0) is 0 Å². The Labute approximate surface area is 414 Å². The number of furan rings is 1. The number of benzene rings is 11. The van der Waals surface area contributed by atoms with Gasteiger partial charge in [-0.05, 0) is 93.9 Å². The molecular weight excluding hydrogens is 901 g/mol. The van der Waals surface area contributed by atoms with E-state index in [2.05, 4.69) is 240 Å². The summed E-state index contributed by atoms with van der Waals surface area (Å²) in [4.78, 5) is 0. The van der Waals surface area contributed by atoms with Crippen LogP contribution in [0.1, 0.15) is 0 Å². The number of thiophene rings is 2. The molecule has 0 amide bonds. The van der Waals surface area contributed by atoms with E-state index in [0.29, 0.717) is 0 Å². The van der Waals surface area contributed by atoms with Gasteiger partial charge in [-0.3, -0.25) is 4.57 Å². The molecule has 0 radical (unpaired) electrons. The highest BCUT2D eigenvalue weighted by Crippen LogP contribution is 2.51. The number of aromatic nitrogens is 2. The van der Waals surface area contributed by atoms with Crippen molar-refractivity contribution in [3.63, 3.8) is 0 Å². The Bertz CT molecular complexity index is 4840. The number of hydrogen-bond acceptors (Lipinski definition) is 3. The summed E-state index contributed by atoms with van der Waals surface area (Å²) >= 11 is 3.78. The van der Waals surface area contributed by atoms with Crippen LogP contribution in [0.4, 0.5) is 0 Å². The molecule has 0 fully saturated rings. The minimum atomic E-state index is 0.814. The lowest BCUT2D eigenvalue weighted by molar-refractivity contribution is 0.590. The van der Waals surface area contributed by atoms with E-state index in [0.717, 1.165) is 33.6 Å². The lowest BCUT2D eigenvalue weighted by Crippen LogP contribution is -1.97. The van der Waals surface area contributed by atoms with Crippen LogP contribution in [0.15, 0.2) is 235 Å². The summed E-state index contributed by atoms with van der Waals surface area (Å²) in [6.45, 7) is 0. The first kappa shape index (κ1) is 39.1. The van der Waals surface area contributed by atoms with Gasteiger partial charge in [0.15, 0.2) is 0 Å². The van der Waals surface area contributed by atoms with Gasteiger partial charge in [0.05, 0.1) is 27.8 Å². The predicted molar refractivity (Wildman–Crippen MR) is 304 cm³/mol. The van der Waals surface area contributed by atoms with Crippen molar-refractivity contribution in [1.29, 1.82) is 0 Å². The Balaban J connectivity index is 1.03. The first-order chi connectivity index (χ1) is 35.2. The molecule has 0 saturated heterocycles. The zero-order chi connectivity index (χ0) is 46.3. The molecule has 3 nitrogen and oxygen atoms in total. The molecule has 330 valence electrons. The van der Waals surface area contributed by atoms with Gasteiger partial charge < -0.3 is 8.98 Å². The summed E-state index contributed by atoms with van der Waals surface area (Å²) in [5.41, 5.74) is 13.9. The molecule has 16 aromatic rings. The first-order valence-corrected chi connectivity index (χ1v) is 25.8. The fourth-order valence-electron chi connectivity index (χ4n) is 11.7. The molecule has 5 heteroatoms. The summed E-state index contributed by atoms with van der Waals surface area (Å²) in [6.07, 6.45) is 0. The Morgan fingerprint density at radius 1 is 0.324 bits per heavy atom. The molecule has 0 unspecified atom stereocenters. The minimum absolute atomic E-state index is 0.814. The van der Waals surface area contributed by atoms with Gasteiger partial charge in [0, 0.05) is 84.3 Å². The third-order valence-electron chi connectivity index (χ3n) is 14.9. The van der Waals surface area contributed by atoms with Crippen LogP contribution in [0.25, 0.3) is 151 Å². The average Bonchev–Trinajstić information content (AvgIpc) is 4.26. The summed E-state index contributed by atoms with van der Waals surface area (Å²) in [6, 6.07) is 84.8. The van der Waals surface area contributed by atoms with E-state index >= 15 is 0 Å². The Morgan fingerprint density at radius 2 is 0.944 bits per heavy atom. The fraction of sp³-hybridized carbons (Fsp3) is 0. The summed E-state index contributed by atoms with van der Waals surface area (Å²) in [7, 11) is 0. The van der Waals surface area contributed by atoms with E-state index in [1.807, 2.05) is 22.7 Å². The zero-order valence-corrected chi connectivity index (χ0v) is 39.7. The molecule has 0 atom stereocenters. The van der Waals surface area contributed by atoms with Gasteiger partial charge in [0.1, 0.15) is 5.58 Å². The Morgan fingerprint density at radius 3 is 1.79 bits per heavy atom. The number of fused-ring (bicyclic) bond motifs is 17. The lowest BCUT2D eigenvalue weighted by atomic mass is 9.97. The molecule has 0 N–H and O–H groups in total. The van der Waals surface area contributed by atoms with E-state index in [1.165, 1.54) is 117 Å². The van der Waals surface area contributed by atoms with Crippen LogP contribution >= 0.6 is 22.7 Å². The predicted octanol–water partition coefficient (Wildman–Crippen LogP) is 19.5. The molecule has 0 aliphatic heterocycles. The standard InChI is InChI=1S/C66H38N2OS2/c1-3-15-39(16-4-1)41-28-31-55-50(33-41)51-37-53-61(38-57(51)67(55)54-24-12-10-20-45(54)40-17-5-2-6-18-40)71-66-63(53)48-22-8-9-23-49(48)65-64(66)52-34-42(43-27-30-47-46-21-11-14-26-59(46)70-60(47)35-43)29-32-56(52)68(65)62-36-44-19-7-13-25-58(44)69-62/h1-38H. The third-order valence-corrected chi connectivity index (χ3v) is 17.2. The van der Waals surface area contributed by atoms with Gasteiger partial charge in [0.2, 0.25) is 5.88 Å². The summed E-state index contributed by atoms with van der Waals surface area (Å²) in [5.74, 6) is 0.814. The highest BCUT2D eigenvalue weighted by molar-refractivity contribution is 7.27. The smallest absolute Gasteiger partial charge is 0.205 e. The van der Waals surface area contributed by atoms with Crippen LogP contribution in [0, 0.1) is 0 Å². The molecule has 0 saturated carbocycles. The van der Waals surface area contributed by atoms with Crippen LogP contribution in [-0.4, -0.2) is 9.13 Å². The van der Waals surface area contributed by atoms with Crippen molar-refractivity contribution in [2.45, 2.75) is 0 Å². The van der Waals surface area contributed by atoms with E-state index in [9.17, 15) is 0 Å². The molecule has 0 spiro atoms. The monoisotopic (exact) mass is 938 g/mol. The molecule has 5 heterocycles. The maximum atomic E-state index is 6.83. The van der Waals surface area contributed by atoms with Crippen LogP contribution in [0.2, 0.25) is 0 Å². The Hall–Kier alpha value is -8.74. The first-order valence-electron chi connectivity index (χ1n) is 24.1. The van der Waals surface area contributed by atoms with Crippen molar-refractivity contribution in [2.24, 2.45) is 0 Å². The van der Waals surface area contributed by atoms with Crippen molar-refractivity contribution in [3.8, 4) is 45.0 Å². The molecule has 0 aliphatic rings. The normalized spacial score (nSPS) is 12.2. The summed E-state index contributed by atoms with van der Waals surface area (Å²) < 4.78 is 16.9. The van der Waals surface area contributed by atoms with Crippen LogP contribution in [0.3, 0.4) is 0 Å². The quantitative estimate of drug-likeness (QED) is 0.169. The zero-order valence-electron chi connectivity index (χ0n) is 38.1. The second kappa shape index (κ2) is 14.9. The van der Waals surface area contributed by atoms with Gasteiger partial charge in [-0.2, -0.15) is 0 Å². The third kappa shape index (κ3) is 5.70. The molecule has 0 bridgehead atoms. The lowest BCUT2D eigenvalue weighted by Gasteiger charge is -2.14. The number of rotatable bonds is 5. The number of para-hydroxylation sites is 2. The van der Waals surface area contributed by atoms with Crippen molar-refractivity contribution in [3.05, 3.63) is 231 Å². The van der Waals surface area contributed by atoms with Crippen molar-refractivity contribution >= 4 is 128 Å². The number of hydrogen-bond donors (Lipinski definition) is 0. The largest absolute Gasteiger partial charge is 0.440 e. The van der Waals surface area contributed by atoms with Crippen molar-refractivity contribution in [1.82, 2.24) is 9.13 Å².